The largest absolute Gasteiger partial charge is 0.362 e. The normalized spacial score (nSPS) is 30.5. The monoisotopic (exact) mass is 370 g/mol. The van der Waals surface area contributed by atoms with Crippen LogP contribution < -0.4 is 0 Å². The summed E-state index contributed by atoms with van der Waals surface area (Å²) in [6.45, 7) is 2.14. The zero-order valence-electron chi connectivity index (χ0n) is 10.4. The second kappa shape index (κ2) is 4.89. The Hall–Kier alpha value is -0.490. The van der Waals surface area contributed by atoms with E-state index in [9.17, 15) is 0 Å². The van der Waals surface area contributed by atoms with Crippen LogP contribution in [-0.2, 0) is 0 Å². The van der Waals surface area contributed by atoms with Crippen molar-refractivity contribution in [2.24, 2.45) is 4.99 Å². The van der Waals surface area contributed by atoms with E-state index in [2.05, 4.69) is 71.8 Å². The lowest BCUT2D eigenvalue weighted by atomic mass is 9.94. The smallest absolute Gasteiger partial charge is 0.115 e. The van der Waals surface area contributed by atoms with E-state index in [4.69, 9.17) is 4.99 Å². The van der Waals surface area contributed by atoms with E-state index in [1.54, 1.807) is 0 Å². The van der Waals surface area contributed by atoms with Gasteiger partial charge in [0.05, 0.1) is 11.7 Å². The molecule has 18 heavy (non-hydrogen) atoms. The van der Waals surface area contributed by atoms with Gasteiger partial charge >= 0.3 is 0 Å². The first-order valence-corrected chi connectivity index (χ1v) is 8.24. The lowest BCUT2D eigenvalue weighted by Gasteiger charge is -2.35. The van der Waals surface area contributed by atoms with E-state index in [0.717, 1.165) is 5.75 Å². The van der Waals surface area contributed by atoms with Gasteiger partial charge in [0.25, 0.3) is 0 Å². The zero-order chi connectivity index (χ0) is 12.7. The van der Waals surface area contributed by atoms with Gasteiger partial charge in [-0.05, 0) is 18.6 Å². The van der Waals surface area contributed by atoms with Gasteiger partial charge in [-0.2, -0.15) is 0 Å². The molecule has 0 aromatic heterocycles. The molecule has 0 saturated heterocycles. The summed E-state index contributed by atoms with van der Waals surface area (Å²) < 4.78 is 0.423. The molecule has 1 aliphatic carbocycles. The van der Waals surface area contributed by atoms with Gasteiger partial charge in [-0.25, -0.2) is 0 Å². The van der Waals surface area contributed by atoms with E-state index < -0.39 is 0 Å². The van der Waals surface area contributed by atoms with Crippen LogP contribution in [0, 0.1) is 0 Å². The highest BCUT2D eigenvalue weighted by Crippen LogP contribution is 2.33. The molecule has 0 aromatic carbocycles. The van der Waals surface area contributed by atoms with Crippen LogP contribution >= 0.6 is 34.4 Å². The number of halogens is 1. The van der Waals surface area contributed by atoms with Crippen LogP contribution in [-0.4, -0.2) is 32.8 Å². The van der Waals surface area contributed by atoms with Gasteiger partial charge in [0.15, 0.2) is 0 Å². The Morgan fingerprint density at radius 2 is 2.28 bits per heavy atom. The Labute approximate surface area is 126 Å². The molecule has 4 heteroatoms. The highest BCUT2D eigenvalue weighted by atomic mass is 127. The van der Waals surface area contributed by atoms with Gasteiger partial charge in [0, 0.05) is 12.8 Å². The maximum Gasteiger partial charge on any atom is 0.115 e. The first kappa shape index (κ1) is 12.5. The molecule has 0 aromatic rings. The molecule has 2 aliphatic heterocycles. The number of hydrogen-bond acceptors (Lipinski definition) is 3. The lowest BCUT2D eigenvalue weighted by Crippen LogP contribution is -2.35. The number of fused-ring (bicyclic) bond motifs is 1. The van der Waals surface area contributed by atoms with E-state index in [0.29, 0.717) is 10.1 Å². The molecule has 0 saturated carbocycles. The van der Waals surface area contributed by atoms with Crippen molar-refractivity contribution in [1.82, 2.24) is 4.90 Å². The molecule has 1 unspecified atom stereocenters. The van der Waals surface area contributed by atoms with E-state index in [-0.39, 0.29) is 0 Å². The van der Waals surface area contributed by atoms with Crippen LogP contribution in [0.5, 0.6) is 0 Å². The summed E-state index contributed by atoms with van der Waals surface area (Å²) in [7, 11) is 2.16. The van der Waals surface area contributed by atoms with Crippen molar-refractivity contribution in [1.29, 1.82) is 0 Å². The number of alkyl halides is 1. The number of rotatable bonds is 1. The third-order valence-electron chi connectivity index (χ3n) is 3.34. The molecular formula is C14H15IN2S. The van der Waals surface area contributed by atoms with Crippen LogP contribution in [0.15, 0.2) is 52.2 Å². The summed E-state index contributed by atoms with van der Waals surface area (Å²) in [5.41, 5.74) is 3.95. The Morgan fingerprint density at radius 3 is 3.00 bits per heavy atom. The maximum absolute atomic E-state index is 4.70. The average Bonchev–Trinajstić information content (AvgIpc) is 2.76. The molecule has 0 fully saturated rings. The van der Waals surface area contributed by atoms with Crippen LogP contribution in [0.1, 0.15) is 6.92 Å². The number of likely N-dealkylation sites (N-methyl/N-ethyl adjacent to an activating group) is 1. The fourth-order valence-electron chi connectivity index (χ4n) is 2.40. The Balaban J connectivity index is 1.94. The minimum Gasteiger partial charge on any atom is -0.362 e. The first-order valence-electron chi connectivity index (χ1n) is 6.01. The maximum atomic E-state index is 4.70. The van der Waals surface area contributed by atoms with Gasteiger partial charge in [0.2, 0.25) is 0 Å². The van der Waals surface area contributed by atoms with Gasteiger partial charge in [-0.3, -0.25) is 4.99 Å². The Bertz CT molecular complexity index is 528. The van der Waals surface area contributed by atoms with Crippen LogP contribution in [0.3, 0.4) is 0 Å². The number of nitrogens with zero attached hydrogens (tertiary/aromatic N) is 2. The third kappa shape index (κ3) is 2.20. The van der Waals surface area contributed by atoms with Gasteiger partial charge in [0.1, 0.15) is 9.09 Å². The van der Waals surface area contributed by atoms with Crippen LogP contribution in [0.2, 0.25) is 0 Å². The number of thioether (sulfide) groups is 1. The summed E-state index contributed by atoms with van der Waals surface area (Å²) in [6.07, 6.45) is 11.2. The van der Waals surface area contributed by atoms with Crippen molar-refractivity contribution in [3.05, 3.63) is 47.2 Å². The summed E-state index contributed by atoms with van der Waals surface area (Å²) in [5, 5.41) is 1.19. The van der Waals surface area contributed by atoms with Gasteiger partial charge in [-0.15, -0.1) is 11.8 Å². The fraction of sp³-hybridized carbons (Fsp3) is 0.357. The lowest BCUT2D eigenvalue weighted by molar-refractivity contribution is 0.404. The third-order valence-corrected chi connectivity index (χ3v) is 5.73. The average molecular weight is 370 g/mol. The van der Waals surface area contributed by atoms with E-state index in [1.165, 1.54) is 21.9 Å². The molecule has 0 radical (unpaired) electrons. The number of aliphatic imine (C=N–C) groups is 1. The van der Waals surface area contributed by atoms with E-state index in [1.807, 2.05) is 11.8 Å². The standard InChI is InChI=1S/C14H15IN2S/c1-9-3-5-11-10(7-9)4-6-12(17(11)2)14-16-13(15)8-18-14/h3-7,11,13H,8H2,1-2H3/t11?,13-/m0/s1. The molecule has 0 amide bonds. The predicted octanol–water partition coefficient (Wildman–Crippen LogP) is 3.53. The summed E-state index contributed by atoms with van der Waals surface area (Å²) in [6, 6.07) is 0.366. The van der Waals surface area contributed by atoms with Gasteiger partial charge < -0.3 is 4.90 Å². The molecule has 0 bridgehead atoms. The minimum absolute atomic E-state index is 0.366. The number of allylic oxidation sites excluding steroid dienone is 4. The van der Waals surface area contributed by atoms with E-state index >= 15 is 0 Å². The van der Waals surface area contributed by atoms with Crippen molar-refractivity contribution in [2.75, 3.05) is 12.8 Å². The van der Waals surface area contributed by atoms with Crippen LogP contribution in [0.25, 0.3) is 0 Å². The summed E-state index contributed by atoms with van der Waals surface area (Å²) in [5.74, 6) is 1.09. The quantitative estimate of drug-likeness (QED) is 0.399. The zero-order valence-corrected chi connectivity index (χ0v) is 13.4. The van der Waals surface area contributed by atoms with Crippen molar-refractivity contribution >= 4 is 39.4 Å². The van der Waals surface area contributed by atoms with Crippen molar-refractivity contribution in [3.63, 3.8) is 0 Å². The minimum atomic E-state index is 0.366. The Morgan fingerprint density at radius 1 is 1.44 bits per heavy atom. The molecule has 2 atom stereocenters. The first-order chi connectivity index (χ1) is 8.65. The topological polar surface area (TPSA) is 15.6 Å². The highest BCUT2D eigenvalue weighted by molar-refractivity contribution is 14.1. The second-order valence-corrected chi connectivity index (χ2v) is 7.15. The van der Waals surface area contributed by atoms with Crippen molar-refractivity contribution in [3.8, 4) is 0 Å². The molecular weight excluding hydrogens is 355 g/mol. The SMILES string of the molecule is CC1=CC2=CC=C(C3=N[C@H](I)CS3)N(C)C2C=C1. The van der Waals surface area contributed by atoms with Crippen LogP contribution in [0.4, 0.5) is 0 Å². The molecule has 3 aliphatic rings. The fourth-order valence-corrected chi connectivity index (χ4v) is 4.34. The molecule has 0 N–H and O–H groups in total. The molecule has 3 rings (SSSR count). The summed E-state index contributed by atoms with van der Waals surface area (Å²) >= 11 is 4.26. The van der Waals surface area contributed by atoms with Gasteiger partial charge in [-0.1, -0.05) is 52.5 Å². The second-order valence-electron chi connectivity index (χ2n) is 4.70. The Kier molecular flexibility index (Phi) is 3.40. The van der Waals surface area contributed by atoms with Crippen molar-refractivity contribution in [2.45, 2.75) is 17.0 Å². The van der Waals surface area contributed by atoms with Crippen molar-refractivity contribution < 1.29 is 0 Å². The molecule has 2 heterocycles. The predicted molar refractivity (Wildman–Crippen MR) is 88.3 cm³/mol. The molecule has 2 nitrogen and oxygen atoms in total. The number of hydrogen-bond donors (Lipinski definition) is 0. The molecule has 0 spiro atoms. The highest BCUT2D eigenvalue weighted by Gasteiger charge is 2.28. The molecule has 94 valence electrons. The summed E-state index contributed by atoms with van der Waals surface area (Å²) in [4.78, 5) is 7.03.